The van der Waals surface area contributed by atoms with Crippen LogP contribution in [0.3, 0.4) is 0 Å². The van der Waals surface area contributed by atoms with E-state index in [1.54, 1.807) is 9.80 Å². The fraction of sp³-hybridized carbons (Fsp3) is 0.824. The molecular weight excluding hydrogens is 326 g/mol. The van der Waals surface area contributed by atoms with E-state index in [2.05, 4.69) is 10.1 Å². The van der Waals surface area contributed by atoms with Gasteiger partial charge in [0.25, 0.3) is 0 Å². The summed E-state index contributed by atoms with van der Waals surface area (Å²) in [5.74, 6) is -0.290. The van der Waals surface area contributed by atoms with Crippen LogP contribution >= 0.6 is 0 Å². The maximum atomic E-state index is 12.3. The van der Waals surface area contributed by atoms with Gasteiger partial charge in [-0.05, 0) is 41.0 Å². The van der Waals surface area contributed by atoms with Crippen molar-refractivity contribution in [2.24, 2.45) is 0 Å². The summed E-state index contributed by atoms with van der Waals surface area (Å²) in [5.41, 5.74) is -1.08. The van der Waals surface area contributed by atoms with E-state index in [-0.39, 0.29) is 24.5 Å². The second-order valence-electron chi connectivity index (χ2n) is 7.78. The van der Waals surface area contributed by atoms with Crippen molar-refractivity contribution < 1.29 is 23.9 Å². The van der Waals surface area contributed by atoms with Gasteiger partial charge in [0, 0.05) is 32.6 Å². The number of nitrogens with zero attached hydrogens (tertiary/aromatic N) is 2. The minimum atomic E-state index is -0.554. The predicted octanol–water partition coefficient (Wildman–Crippen LogP) is 1.98. The first-order valence-electron chi connectivity index (χ1n) is 8.56. The molecule has 0 saturated carbocycles. The lowest BCUT2D eigenvalue weighted by molar-refractivity contribution is -0.140. The number of urea groups is 1. The topological polar surface area (TPSA) is 88.2 Å². The van der Waals surface area contributed by atoms with Gasteiger partial charge in [0.1, 0.15) is 5.60 Å². The molecule has 8 nitrogen and oxygen atoms in total. The normalized spacial score (nSPS) is 17.0. The van der Waals surface area contributed by atoms with Gasteiger partial charge in [-0.1, -0.05) is 0 Å². The number of nitrogens with one attached hydrogen (secondary N) is 1. The van der Waals surface area contributed by atoms with Crippen LogP contribution in [0, 0.1) is 0 Å². The minimum absolute atomic E-state index is 0.193. The molecule has 0 unspecified atom stereocenters. The molecular formula is C17H31N3O5. The molecule has 25 heavy (non-hydrogen) atoms. The highest BCUT2D eigenvalue weighted by atomic mass is 16.6. The first-order valence-corrected chi connectivity index (χ1v) is 8.56. The molecule has 0 bridgehead atoms. The van der Waals surface area contributed by atoms with E-state index in [9.17, 15) is 14.4 Å². The monoisotopic (exact) mass is 357 g/mol. The molecule has 0 aliphatic carbocycles. The zero-order valence-electron chi connectivity index (χ0n) is 16.2. The average Bonchev–Trinajstić information content (AvgIpc) is 2.47. The molecule has 0 aromatic heterocycles. The summed E-state index contributed by atoms with van der Waals surface area (Å²) in [4.78, 5) is 39.0. The van der Waals surface area contributed by atoms with E-state index in [4.69, 9.17) is 4.74 Å². The molecule has 1 aliphatic rings. The number of hydrogen-bond acceptors (Lipinski definition) is 5. The van der Waals surface area contributed by atoms with E-state index in [0.29, 0.717) is 32.6 Å². The highest BCUT2D eigenvalue weighted by molar-refractivity contribution is 5.75. The van der Waals surface area contributed by atoms with Gasteiger partial charge in [0.05, 0.1) is 12.6 Å². The second kappa shape index (κ2) is 8.40. The summed E-state index contributed by atoms with van der Waals surface area (Å²) in [6.07, 6.45) is 0.435. The largest absolute Gasteiger partial charge is 0.469 e. The number of carbonyl (C=O) groups is 3. The Balaban J connectivity index is 2.51. The van der Waals surface area contributed by atoms with Gasteiger partial charge in [-0.25, -0.2) is 9.59 Å². The summed E-state index contributed by atoms with van der Waals surface area (Å²) >= 11 is 0. The molecule has 8 heteroatoms. The zero-order chi connectivity index (χ0) is 19.3. The third-order valence-electron chi connectivity index (χ3n) is 3.86. The number of rotatable bonds is 4. The SMILES string of the molecule is COC(=O)CCCNC(=O)N1CCN(C(=O)OC(C)(C)C)C(C)(C)C1. The molecule has 1 fully saturated rings. The summed E-state index contributed by atoms with van der Waals surface area (Å²) in [7, 11) is 1.34. The Morgan fingerprint density at radius 2 is 1.80 bits per heavy atom. The van der Waals surface area contributed by atoms with Gasteiger partial charge in [0.2, 0.25) is 0 Å². The Morgan fingerprint density at radius 1 is 1.16 bits per heavy atom. The number of ether oxygens (including phenoxy) is 2. The van der Waals surface area contributed by atoms with Crippen LogP contribution in [0.25, 0.3) is 0 Å². The van der Waals surface area contributed by atoms with E-state index < -0.39 is 11.1 Å². The van der Waals surface area contributed by atoms with Gasteiger partial charge in [0.15, 0.2) is 0 Å². The van der Waals surface area contributed by atoms with Crippen molar-refractivity contribution in [3.8, 4) is 0 Å². The number of hydrogen-bond donors (Lipinski definition) is 1. The van der Waals surface area contributed by atoms with Crippen LogP contribution in [0.15, 0.2) is 0 Å². The average molecular weight is 357 g/mol. The number of amides is 3. The van der Waals surface area contributed by atoms with Crippen molar-refractivity contribution in [2.45, 2.75) is 58.6 Å². The standard InChI is InChI=1S/C17H31N3O5/c1-16(2,3)25-15(23)20-11-10-19(12-17(20,4)5)14(22)18-9-7-8-13(21)24-6/h7-12H2,1-6H3,(H,18,22). The maximum absolute atomic E-state index is 12.3. The molecule has 0 atom stereocenters. The van der Waals surface area contributed by atoms with Crippen molar-refractivity contribution in [3.05, 3.63) is 0 Å². The van der Waals surface area contributed by atoms with Crippen molar-refractivity contribution in [3.63, 3.8) is 0 Å². The van der Waals surface area contributed by atoms with E-state index in [1.807, 2.05) is 34.6 Å². The number of piperazine rings is 1. The Labute approximate surface area is 149 Å². The van der Waals surface area contributed by atoms with Gasteiger partial charge < -0.3 is 19.7 Å². The third-order valence-corrected chi connectivity index (χ3v) is 3.86. The van der Waals surface area contributed by atoms with Crippen LogP contribution in [0.5, 0.6) is 0 Å². The van der Waals surface area contributed by atoms with Crippen molar-refractivity contribution in [1.29, 1.82) is 0 Å². The number of esters is 1. The molecule has 144 valence electrons. The molecule has 3 amide bonds. The van der Waals surface area contributed by atoms with Crippen LogP contribution < -0.4 is 5.32 Å². The number of carbonyl (C=O) groups excluding carboxylic acids is 3. The second-order valence-corrected chi connectivity index (χ2v) is 7.78. The third kappa shape index (κ3) is 6.80. The molecule has 0 aromatic carbocycles. The molecule has 0 spiro atoms. The zero-order valence-corrected chi connectivity index (χ0v) is 16.2. The Morgan fingerprint density at radius 3 is 2.32 bits per heavy atom. The summed E-state index contributed by atoms with van der Waals surface area (Å²) in [6.45, 7) is 11.0. The molecule has 1 rings (SSSR count). The van der Waals surface area contributed by atoms with Crippen molar-refractivity contribution in [1.82, 2.24) is 15.1 Å². The van der Waals surface area contributed by atoms with Crippen LogP contribution in [0.4, 0.5) is 9.59 Å². The first kappa shape index (κ1) is 21.1. The van der Waals surface area contributed by atoms with Gasteiger partial charge in [-0.2, -0.15) is 0 Å². The highest BCUT2D eigenvalue weighted by Crippen LogP contribution is 2.23. The van der Waals surface area contributed by atoms with Crippen molar-refractivity contribution in [2.75, 3.05) is 33.3 Å². The van der Waals surface area contributed by atoms with E-state index in [1.165, 1.54) is 7.11 Å². The molecule has 1 aliphatic heterocycles. The van der Waals surface area contributed by atoms with Gasteiger partial charge in [-0.3, -0.25) is 9.69 Å². The smallest absolute Gasteiger partial charge is 0.410 e. The Bertz CT molecular complexity index is 499. The van der Waals surface area contributed by atoms with E-state index in [0.717, 1.165) is 0 Å². The van der Waals surface area contributed by atoms with Crippen LogP contribution in [0.2, 0.25) is 0 Å². The van der Waals surface area contributed by atoms with E-state index >= 15 is 0 Å². The fourth-order valence-electron chi connectivity index (χ4n) is 2.63. The quantitative estimate of drug-likeness (QED) is 0.614. The Hall–Kier alpha value is -1.99. The van der Waals surface area contributed by atoms with Gasteiger partial charge >= 0.3 is 18.1 Å². The highest BCUT2D eigenvalue weighted by Gasteiger charge is 2.40. The van der Waals surface area contributed by atoms with Crippen LogP contribution in [-0.4, -0.2) is 72.3 Å². The molecule has 0 radical (unpaired) electrons. The fourth-order valence-corrected chi connectivity index (χ4v) is 2.63. The van der Waals surface area contributed by atoms with Crippen LogP contribution in [0.1, 0.15) is 47.5 Å². The van der Waals surface area contributed by atoms with Crippen molar-refractivity contribution >= 4 is 18.1 Å². The number of methoxy groups -OCH3 is 1. The first-order chi connectivity index (χ1) is 11.5. The molecule has 1 N–H and O–H groups in total. The van der Waals surface area contributed by atoms with Crippen LogP contribution in [-0.2, 0) is 14.3 Å². The molecule has 1 saturated heterocycles. The lowest BCUT2D eigenvalue weighted by atomic mass is 9.99. The summed E-state index contributed by atoms with van der Waals surface area (Å²) in [6, 6.07) is -0.193. The summed E-state index contributed by atoms with van der Waals surface area (Å²) in [5, 5.41) is 2.80. The lowest BCUT2D eigenvalue weighted by Gasteiger charge is -2.46. The summed E-state index contributed by atoms with van der Waals surface area (Å²) < 4.78 is 10.0. The maximum Gasteiger partial charge on any atom is 0.410 e. The van der Waals surface area contributed by atoms with Gasteiger partial charge in [-0.15, -0.1) is 0 Å². The predicted molar refractivity (Wildman–Crippen MR) is 93.2 cm³/mol. The lowest BCUT2D eigenvalue weighted by Crippen LogP contribution is -2.63. The molecule has 1 heterocycles. The Kier molecular flexibility index (Phi) is 7.07. The minimum Gasteiger partial charge on any atom is -0.469 e. The molecule has 0 aromatic rings.